The van der Waals surface area contributed by atoms with Crippen LogP contribution in [0.2, 0.25) is 0 Å². The largest absolute Gasteiger partial charge is 0.423 e. The van der Waals surface area contributed by atoms with Crippen LogP contribution in [0.3, 0.4) is 0 Å². The van der Waals surface area contributed by atoms with Gasteiger partial charge >= 0.3 is 6.03 Å². The minimum atomic E-state index is -0.500. The van der Waals surface area contributed by atoms with E-state index >= 15 is 0 Å². The van der Waals surface area contributed by atoms with E-state index in [0.717, 1.165) is 16.0 Å². The molecular formula is C17H19N5O4. The molecule has 2 aliphatic heterocycles. The quantitative estimate of drug-likeness (QED) is 0.855. The van der Waals surface area contributed by atoms with E-state index in [1.54, 1.807) is 4.90 Å². The molecule has 4 rings (SSSR count). The second-order valence-corrected chi connectivity index (χ2v) is 6.29. The number of oxazole rings is 1. The highest BCUT2D eigenvalue weighted by Crippen LogP contribution is 2.22. The highest BCUT2D eigenvalue weighted by Gasteiger charge is 2.31. The third-order valence-corrected chi connectivity index (χ3v) is 4.64. The molecule has 0 unspecified atom stereocenters. The highest BCUT2D eigenvalue weighted by molar-refractivity contribution is 6.00. The Labute approximate surface area is 149 Å². The molecule has 0 saturated carbocycles. The minimum Gasteiger partial charge on any atom is -0.423 e. The molecule has 0 spiro atoms. The van der Waals surface area contributed by atoms with E-state index in [1.807, 2.05) is 29.2 Å². The summed E-state index contributed by atoms with van der Waals surface area (Å²) in [7, 11) is 0. The van der Waals surface area contributed by atoms with Crippen molar-refractivity contribution in [1.82, 2.24) is 20.1 Å². The van der Waals surface area contributed by atoms with Crippen LogP contribution in [0.15, 0.2) is 28.7 Å². The summed E-state index contributed by atoms with van der Waals surface area (Å²) < 4.78 is 5.76. The first-order chi connectivity index (χ1) is 12.6. The summed E-state index contributed by atoms with van der Waals surface area (Å²) in [5.41, 5.74) is 1.53. The minimum absolute atomic E-state index is 0.215. The monoisotopic (exact) mass is 357 g/mol. The van der Waals surface area contributed by atoms with Crippen molar-refractivity contribution < 1.29 is 18.8 Å². The van der Waals surface area contributed by atoms with Crippen molar-refractivity contribution in [3.05, 3.63) is 24.3 Å². The number of benzene rings is 1. The van der Waals surface area contributed by atoms with Gasteiger partial charge < -0.3 is 19.5 Å². The molecule has 2 aromatic rings. The topological polar surface area (TPSA) is 99.0 Å². The highest BCUT2D eigenvalue weighted by atomic mass is 16.4. The summed E-state index contributed by atoms with van der Waals surface area (Å²) in [5, 5.41) is 2.58. The number of anilines is 1. The SMILES string of the molecule is O=C(CN1C(=O)CCNC1=O)N1CCN(c2nc3ccccc3o2)CC1. The normalized spacial score (nSPS) is 18.4. The molecule has 136 valence electrons. The molecule has 2 fully saturated rings. The molecule has 0 atom stereocenters. The van der Waals surface area contributed by atoms with Crippen LogP contribution in [0.5, 0.6) is 0 Å². The van der Waals surface area contributed by atoms with Gasteiger partial charge in [0.15, 0.2) is 5.58 Å². The molecule has 1 aromatic carbocycles. The number of aromatic nitrogens is 1. The van der Waals surface area contributed by atoms with Crippen LogP contribution in [0.25, 0.3) is 11.1 Å². The Morgan fingerprint density at radius 3 is 2.65 bits per heavy atom. The van der Waals surface area contributed by atoms with Crippen LogP contribution in [0, 0.1) is 0 Å². The van der Waals surface area contributed by atoms with Crippen LogP contribution in [-0.2, 0) is 9.59 Å². The molecule has 0 radical (unpaired) electrons. The number of fused-ring (bicyclic) bond motifs is 1. The van der Waals surface area contributed by atoms with Crippen LogP contribution in [0.1, 0.15) is 6.42 Å². The Balaban J connectivity index is 1.36. The molecular weight excluding hydrogens is 338 g/mol. The lowest BCUT2D eigenvalue weighted by molar-refractivity contribution is -0.139. The van der Waals surface area contributed by atoms with Crippen LogP contribution in [-0.4, -0.2) is 71.9 Å². The zero-order chi connectivity index (χ0) is 18.1. The van der Waals surface area contributed by atoms with E-state index in [1.165, 1.54) is 0 Å². The van der Waals surface area contributed by atoms with Crippen LogP contribution < -0.4 is 10.2 Å². The van der Waals surface area contributed by atoms with Crippen molar-refractivity contribution in [1.29, 1.82) is 0 Å². The molecule has 2 aliphatic rings. The van der Waals surface area contributed by atoms with Gasteiger partial charge in [-0.1, -0.05) is 12.1 Å². The van der Waals surface area contributed by atoms with E-state index in [2.05, 4.69) is 10.3 Å². The van der Waals surface area contributed by atoms with Crippen LogP contribution in [0.4, 0.5) is 10.8 Å². The van der Waals surface area contributed by atoms with Gasteiger partial charge in [0.1, 0.15) is 12.1 Å². The summed E-state index contributed by atoms with van der Waals surface area (Å²) in [6, 6.07) is 7.60. The van der Waals surface area contributed by atoms with Crippen molar-refractivity contribution in [2.45, 2.75) is 6.42 Å². The lowest BCUT2D eigenvalue weighted by Crippen LogP contribution is -2.56. The number of imide groups is 1. The Kier molecular flexibility index (Phi) is 4.19. The molecule has 3 heterocycles. The van der Waals surface area contributed by atoms with E-state index in [9.17, 15) is 14.4 Å². The summed E-state index contributed by atoms with van der Waals surface area (Å²) >= 11 is 0. The number of piperazine rings is 1. The molecule has 4 amide bonds. The van der Waals surface area contributed by atoms with Gasteiger partial charge in [-0.3, -0.25) is 14.5 Å². The van der Waals surface area contributed by atoms with Gasteiger partial charge in [-0.15, -0.1) is 0 Å². The average molecular weight is 357 g/mol. The number of carbonyl (C=O) groups is 3. The van der Waals surface area contributed by atoms with Gasteiger partial charge in [0.2, 0.25) is 11.8 Å². The van der Waals surface area contributed by atoms with Crippen molar-refractivity contribution >= 4 is 35.0 Å². The molecule has 1 N–H and O–H groups in total. The van der Waals surface area contributed by atoms with E-state index in [0.29, 0.717) is 38.7 Å². The predicted octanol–water partition coefficient (Wildman–Crippen LogP) is 0.418. The summed E-state index contributed by atoms with van der Waals surface area (Å²) in [4.78, 5) is 45.1. The number of carbonyl (C=O) groups excluding carboxylic acids is 3. The summed E-state index contributed by atoms with van der Waals surface area (Å²) in [5.74, 6) is -0.542. The molecule has 0 aliphatic carbocycles. The number of rotatable bonds is 3. The molecule has 0 bridgehead atoms. The average Bonchev–Trinajstić information content (AvgIpc) is 3.09. The Hall–Kier alpha value is -3.10. The van der Waals surface area contributed by atoms with Crippen molar-refractivity contribution in [2.75, 3.05) is 44.2 Å². The molecule has 9 nitrogen and oxygen atoms in total. The lowest BCUT2D eigenvalue weighted by atomic mass is 10.2. The maximum absolute atomic E-state index is 12.4. The molecule has 2 saturated heterocycles. The van der Waals surface area contributed by atoms with E-state index < -0.39 is 6.03 Å². The molecule has 9 heteroatoms. The first-order valence-electron chi connectivity index (χ1n) is 8.58. The van der Waals surface area contributed by atoms with Gasteiger partial charge in [-0.2, -0.15) is 4.98 Å². The standard InChI is InChI=1S/C17H19N5O4/c23-14-5-6-18-16(25)22(14)11-15(24)20-7-9-21(10-8-20)17-19-12-3-1-2-4-13(12)26-17/h1-4H,5-11H2,(H,18,25). The van der Waals surface area contributed by atoms with E-state index in [-0.39, 0.29) is 24.8 Å². The molecule has 1 aromatic heterocycles. The Morgan fingerprint density at radius 1 is 1.15 bits per heavy atom. The van der Waals surface area contributed by atoms with Gasteiger partial charge in [0, 0.05) is 39.1 Å². The van der Waals surface area contributed by atoms with Crippen molar-refractivity contribution in [2.24, 2.45) is 0 Å². The zero-order valence-corrected chi connectivity index (χ0v) is 14.2. The lowest BCUT2D eigenvalue weighted by Gasteiger charge is -2.35. The summed E-state index contributed by atoms with van der Waals surface area (Å²) in [6.45, 7) is 2.25. The number of amides is 4. The third-order valence-electron chi connectivity index (χ3n) is 4.64. The third kappa shape index (κ3) is 3.07. The second-order valence-electron chi connectivity index (χ2n) is 6.29. The maximum Gasteiger partial charge on any atom is 0.324 e. The van der Waals surface area contributed by atoms with E-state index in [4.69, 9.17) is 4.42 Å². The number of urea groups is 1. The Bertz CT molecular complexity index is 807. The Morgan fingerprint density at radius 2 is 1.92 bits per heavy atom. The van der Waals surface area contributed by atoms with Gasteiger partial charge in [-0.05, 0) is 12.1 Å². The van der Waals surface area contributed by atoms with Gasteiger partial charge in [-0.25, -0.2) is 4.79 Å². The number of nitrogens with zero attached hydrogens (tertiary/aromatic N) is 4. The predicted molar refractivity (Wildman–Crippen MR) is 92.5 cm³/mol. The first-order valence-corrected chi connectivity index (χ1v) is 8.58. The smallest absolute Gasteiger partial charge is 0.324 e. The first kappa shape index (κ1) is 16.4. The second kappa shape index (κ2) is 6.66. The number of nitrogens with one attached hydrogen (secondary N) is 1. The van der Waals surface area contributed by atoms with Crippen molar-refractivity contribution in [3.63, 3.8) is 0 Å². The van der Waals surface area contributed by atoms with Crippen molar-refractivity contribution in [3.8, 4) is 0 Å². The number of para-hydroxylation sites is 2. The van der Waals surface area contributed by atoms with Crippen LogP contribution >= 0.6 is 0 Å². The maximum atomic E-state index is 12.4. The fourth-order valence-corrected chi connectivity index (χ4v) is 3.16. The van der Waals surface area contributed by atoms with Gasteiger partial charge in [0.25, 0.3) is 6.01 Å². The molecule has 26 heavy (non-hydrogen) atoms. The number of hydrogen-bond acceptors (Lipinski definition) is 6. The number of hydrogen-bond donors (Lipinski definition) is 1. The zero-order valence-electron chi connectivity index (χ0n) is 14.2. The summed E-state index contributed by atoms with van der Waals surface area (Å²) in [6.07, 6.45) is 0.227. The fraction of sp³-hybridized carbons (Fsp3) is 0.412. The fourth-order valence-electron chi connectivity index (χ4n) is 3.16. The van der Waals surface area contributed by atoms with Gasteiger partial charge in [0.05, 0.1) is 0 Å².